The Balaban J connectivity index is 2.05. The van der Waals surface area contributed by atoms with E-state index >= 15 is 0 Å². The van der Waals surface area contributed by atoms with E-state index in [0.717, 1.165) is 0 Å². The number of benzene rings is 2. The van der Waals surface area contributed by atoms with E-state index in [9.17, 15) is 24.3 Å². The molecule has 0 fully saturated rings. The van der Waals surface area contributed by atoms with Gasteiger partial charge in [0.05, 0.1) is 18.8 Å². The zero-order chi connectivity index (χ0) is 25.5. The van der Waals surface area contributed by atoms with Crippen molar-refractivity contribution in [2.24, 2.45) is 0 Å². The maximum absolute atomic E-state index is 13.0. The largest absolute Gasteiger partial charge is 0.507 e. The average molecular weight is 476 g/mol. The van der Waals surface area contributed by atoms with Crippen molar-refractivity contribution in [3.05, 3.63) is 93.5 Å². The fraction of sp³-hybridized carbons (Fsp3) is 0.192. The molecule has 0 aliphatic carbocycles. The lowest BCUT2D eigenvalue weighted by Crippen LogP contribution is -2.30. The van der Waals surface area contributed by atoms with E-state index in [0.29, 0.717) is 29.3 Å². The topological polar surface area (TPSA) is 136 Å². The highest BCUT2D eigenvalue weighted by molar-refractivity contribution is 6.38. The first kappa shape index (κ1) is 25.1. The Morgan fingerprint density at radius 3 is 2.23 bits per heavy atom. The summed E-state index contributed by atoms with van der Waals surface area (Å²) in [5.41, 5.74) is 1.94. The van der Waals surface area contributed by atoms with Crippen molar-refractivity contribution in [2.75, 3.05) is 6.61 Å². The van der Waals surface area contributed by atoms with E-state index in [1.807, 2.05) is 13.0 Å². The molecule has 2 N–H and O–H groups in total. The standard InChI is InChI=1S/C26H24N2O7/c1-3-19-22(25(33)35-4-2)23(18-8-6-5-7-9-18)27-26(34)28(19)15-16-10-12-17(13-11-16)20(29)14-21(30)24(31)32/h5-14,29H,3-4,15H2,1-2H3,(H,31,32). The van der Waals surface area contributed by atoms with E-state index in [2.05, 4.69) is 4.98 Å². The Hall–Kier alpha value is -4.53. The number of aliphatic hydroxyl groups excluding tert-OH is 1. The highest BCUT2D eigenvalue weighted by Crippen LogP contribution is 2.25. The van der Waals surface area contributed by atoms with Gasteiger partial charge in [-0.3, -0.25) is 9.36 Å². The molecule has 0 spiro atoms. The molecule has 3 aromatic rings. The Morgan fingerprint density at radius 2 is 1.66 bits per heavy atom. The minimum absolute atomic E-state index is 0.0926. The predicted molar refractivity (Wildman–Crippen MR) is 128 cm³/mol. The van der Waals surface area contributed by atoms with Gasteiger partial charge in [-0.15, -0.1) is 0 Å². The van der Waals surface area contributed by atoms with Gasteiger partial charge < -0.3 is 14.9 Å². The molecule has 0 bridgehead atoms. The molecule has 1 aromatic heterocycles. The third-order valence-electron chi connectivity index (χ3n) is 5.22. The van der Waals surface area contributed by atoms with Crippen LogP contribution < -0.4 is 5.69 Å². The van der Waals surface area contributed by atoms with Crippen LogP contribution in [-0.2, 0) is 27.3 Å². The molecule has 1 heterocycles. The minimum Gasteiger partial charge on any atom is -0.507 e. The first-order valence-electron chi connectivity index (χ1n) is 10.9. The third kappa shape index (κ3) is 5.70. The first-order chi connectivity index (χ1) is 16.8. The zero-order valence-corrected chi connectivity index (χ0v) is 19.2. The van der Waals surface area contributed by atoms with Crippen LogP contribution >= 0.6 is 0 Å². The normalized spacial score (nSPS) is 11.2. The summed E-state index contributed by atoms with van der Waals surface area (Å²) >= 11 is 0. The average Bonchev–Trinajstić information content (AvgIpc) is 2.85. The van der Waals surface area contributed by atoms with E-state index < -0.39 is 29.2 Å². The van der Waals surface area contributed by atoms with Gasteiger partial charge in [-0.1, -0.05) is 61.5 Å². The SMILES string of the molecule is CCOC(=O)c1c(-c2ccccc2)nc(=O)n(Cc2ccc(C(O)=CC(=O)C(=O)O)cc2)c1CC. The molecule has 0 aliphatic rings. The van der Waals surface area contributed by atoms with Gasteiger partial charge in [0, 0.05) is 22.9 Å². The van der Waals surface area contributed by atoms with Crippen LogP contribution in [0.4, 0.5) is 0 Å². The van der Waals surface area contributed by atoms with E-state index in [1.165, 1.54) is 16.7 Å². The smallest absolute Gasteiger partial charge is 0.376 e. The van der Waals surface area contributed by atoms with E-state index in [1.54, 1.807) is 43.3 Å². The molecule has 0 saturated heterocycles. The predicted octanol–water partition coefficient (Wildman–Crippen LogP) is 3.25. The van der Waals surface area contributed by atoms with Crippen molar-refractivity contribution in [1.82, 2.24) is 9.55 Å². The summed E-state index contributed by atoms with van der Waals surface area (Å²) < 4.78 is 6.67. The monoisotopic (exact) mass is 476 g/mol. The summed E-state index contributed by atoms with van der Waals surface area (Å²) in [7, 11) is 0. The van der Waals surface area contributed by atoms with Crippen molar-refractivity contribution in [3.63, 3.8) is 0 Å². The van der Waals surface area contributed by atoms with Gasteiger partial charge in [0.15, 0.2) is 0 Å². The van der Waals surface area contributed by atoms with Gasteiger partial charge >= 0.3 is 17.6 Å². The van der Waals surface area contributed by atoms with Gasteiger partial charge in [0.1, 0.15) is 11.3 Å². The van der Waals surface area contributed by atoms with Crippen molar-refractivity contribution in [1.29, 1.82) is 0 Å². The Labute approximate surface area is 201 Å². The zero-order valence-electron chi connectivity index (χ0n) is 19.2. The quantitative estimate of drug-likeness (QED) is 0.208. The van der Waals surface area contributed by atoms with Gasteiger partial charge in [-0.2, -0.15) is 4.98 Å². The first-order valence-corrected chi connectivity index (χ1v) is 10.9. The molecule has 9 heteroatoms. The molecule has 0 saturated carbocycles. The number of aliphatic hydroxyl groups is 1. The lowest BCUT2D eigenvalue weighted by atomic mass is 10.0. The molecule has 180 valence electrons. The number of carboxylic acid groups (broad SMARTS) is 1. The van der Waals surface area contributed by atoms with E-state index in [-0.39, 0.29) is 30.0 Å². The summed E-state index contributed by atoms with van der Waals surface area (Å²) in [4.78, 5) is 52.1. The number of ketones is 1. The van der Waals surface area contributed by atoms with Gasteiger partial charge in [-0.25, -0.2) is 14.4 Å². The molecular weight excluding hydrogens is 452 g/mol. The van der Waals surface area contributed by atoms with Crippen LogP contribution in [0, 0.1) is 0 Å². The van der Waals surface area contributed by atoms with Crippen LogP contribution in [0.3, 0.4) is 0 Å². The lowest BCUT2D eigenvalue weighted by Gasteiger charge is -2.18. The van der Waals surface area contributed by atoms with Crippen LogP contribution in [0.15, 0.2) is 65.5 Å². The highest BCUT2D eigenvalue weighted by atomic mass is 16.5. The summed E-state index contributed by atoms with van der Waals surface area (Å²) in [6.45, 7) is 3.78. The highest BCUT2D eigenvalue weighted by Gasteiger charge is 2.24. The fourth-order valence-corrected chi connectivity index (χ4v) is 3.59. The molecule has 0 atom stereocenters. The van der Waals surface area contributed by atoms with Crippen LogP contribution in [0.5, 0.6) is 0 Å². The molecule has 2 aromatic carbocycles. The summed E-state index contributed by atoms with van der Waals surface area (Å²) in [5, 5.41) is 18.7. The van der Waals surface area contributed by atoms with E-state index in [4.69, 9.17) is 9.84 Å². The fourth-order valence-electron chi connectivity index (χ4n) is 3.59. The van der Waals surface area contributed by atoms with Gasteiger partial charge in [0.25, 0.3) is 5.78 Å². The maximum atomic E-state index is 13.0. The molecule has 3 rings (SSSR count). The van der Waals surface area contributed by atoms with Crippen LogP contribution in [-0.4, -0.2) is 44.1 Å². The Morgan fingerprint density at radius 1 is 1.00 bits per heavy atom. The van der Waals surface area contributed by atoms with Crippen LogP contribution in [0.1, 0.15) is 41.0 Å². The van der Waals surface area contributed by atoms with Gasteiger partial charge in [0.2, 0.25) is 0 Å². The Bertz CT molecular complexity index is 1340. The minimum atomic E-state index is -1.68. The number of hydrogen-bond donors (Lipinski definition) is 2. The number of carbonyl (C=O) groups is 3. The molecular formula is C26H24N2O7. The number of carbonyl (C=O) groups excluding carboxylic acids is 2. The number of rotatable bonds is 9. The molecule has 0 aliphatic heterocycles. The van der Waals surface area contributed by atoms with Gasteiger partial charge in [-0.05, 0) is 18.9 Å². The second-order valence-corrected chi connectivity index (χ2v) is 7.49. The van der Waals surface area contributed by atoms with Crippen LogP contribution in [0.2, 0.25) is 0 Å². The Kier molecular flexibility index (Phi) is 7.93. The number of aromatic nitrogens is 2. The second kappa shape index (κ2) is 11.1. The molecule has 0 unspecified atom stereocenters. The van der Waals surface area contributed by atoms with Crippen molar-refractivity contribution in [3.8, 4) is 11.3 Å². The van der Waals surface area contributed by atoms with Crippen molar-refractivity contribution >= 4 is 23.5 Å². The number of carboxylic acids is 1. The van der Waals surface area contributed by atoms with Crippen LogP contribution in [0.25, 0.3) is 17.0 Å². The summed E-state index contributed by atoms with van der Waals surface area (Å²) in [6, 6.07) is 15.2. The van der Waals surface area contributed by atoms with Crippen molar-refractivity contribution < 1.29 is 29.3 Å². The second-order valence-electron chi connectivity index (χ2n) is 7.49. The molecule has 0 radical (unpaired) electrons. The number of esters is 1. The molecule has 9 nitrogen and oxygen atoms in total. The number of ether oxygens (including phenoxy) is 1. The maximum Gasteiger partial charge on any atom is 0.376 e. The lowest BCUT2D eigenvalue weighted by molar-refractivity contribution is -0.146. The number of nitrogens with zero attached hydrogens (tertiary/aromatic N) is 2. The number of hydrogen-bond acceptors (Lipinski definition) is 7. The third-order valence-corrected chi connectivity index (χ3v) is 5.22. The molecule has 35 heavy (non-hydrogen) atoms. The van der Waals surface area contributed by atoms with Crippen molar-refractivity contribution in [2.45, 2.75) is 26.8 Å². The molecule has 0 amide bonds. The number of aliphatic carboxylic acids is 1. The summed E-state index contributed by atoms with van der Waals surface area (Å²) in [5.74, 6) is -3.99. The summed E-state index contributed by atoms with van der Waals surface area (Å²) in [6.07, 6.45) is 0.986.